The zero-order chi connectivity index (χ0) is 12.4. The van der Waals surface area contributed by atoms with Gasteiger partial charge in [0.25, 0.3) is 5.91 Å². The Hall–Kier alpha value is -0.520. The topological polar surface area (TPSA) is 46.1 Å². The zero-order valence-electron chi connectivity index (χ0n) is 10.6. The Morgan fingerprint density at radius 1 is 1.61 bits per heavy atom. The number of hydrogen-bond donors (Lipinski definition) is 2. The number of hydrogen-bond acceptors (Lipinski definition) is 2. The van der Waals surface area contributed by atoms with Crippen molar-refractivity contribution in [3.63, 3.8) is 0 Å². The molecule has 4 nitrogen and oxygen atoms in total. The van der Waals surface area contributed by atoms with Gasteiger partial charge in [-0.3, -0.25) is 4.79 Å². The minimum absolute atomic E-state index is 0. The van der Waals surface area contributed by atoms with Gasteiger partial charge >= 0.3 is 0 Å². The van der Waals surface area contributed by atoms with Crippen molar-refractivity contribution in [2.75, 3.05) is 13.1 Å². The molecule has 0 saturated carbocycles. The smallest absolute Gasteiger partial charge is 0.268 e. The third-order valence-electron chi connectivity index (χ3n) is 3.31. The molecular formula is C12H19BrClN3O. The molecule has 0 spiro atoms. The molecule has 0 radical (unpaired) electrons. The van der Waals surface area contributed by atoms with E-state index < -0.39 is 0 Å². The van der Waals surface area contributed by atoms with Crippen LogP contribution in [-0.2, 0) is 7.05 Å². The molecule has 1 aliphatic heterocycles. The number of amides is 1. The molecule has 1 aromatic heterocycles. The molecule has 2 unspecified atom stereocenters. The summed E-state index contributed by atoms with van der Waals surface area (Å²) in [5, 5.41) is 6.45. The molecule has 1 aliphatic rings. The molecule has 2 atom stereocenters. The van der Waals surface area contributed by atoms with E-state index in [1.165, 1.54) is 0 Å². The van der Waals surface area contributed by atoms with Crippen LogP contribution >= 0.6 is 28.3 Å². The van der Waals surface area contributed by atoms with Crippen LogP contribution in [0.4, 0.5) is 0 Å². The van der Waals surface area contributed by atoms with Crippen LogP contribution in [-0.4, -0.2) is 29.6 Å². The number of nitrogens with one attached hydrogen (secondary N) is 2. The average molecular weight is 337 g/mol. The van der Waals surface area contributed by atoms with E-state index in [4.69, 9.17) is 0 Å². The summed E-state index contributed by atoms with van der Waals surface area (Å²) in [7, 11) is 1.88. The van der Waals surface area contributed by atoms with Gasteiger partial charge in [-0.25, -0.2) is 0 Å². The first-order chi connectivity index (χ1) is 8.08. The van der Waals surface area contributed by atoms with Crippen LogP contribution in [0.25, 0.3) is 0 Å². The van der Waals surface area contributed by atoms with E-state index in [-0.39, 0.29) is 24.4 Å². The van der Waals surface area contributed by atoms with Gasteiger partial charge < -0.3 is 15.2 Å². The number of rotatable bonds is 2. The highest BCUT2D eigenvalue weighted by atomic mass is 79.9. The largest absolute Gasteiger partial charge is 0.348 e. The minimum Gasteiger partial charge on any atom is -0.348 e. The van der Waals surface area contributed by atoms with E-state index in [0.717, 1.165) is 24.0 Å². The fourth-order valence-electron chi connectivity index (χ4n) is 2.22. The molecule has 2 rings (SSSR count). The van der Waals surface area contributed by atoms with Gasteiger partial charge in [0, 0.05) is 23.8 Å². The first-order valence-electron chi connectivity index (χ1n) is 5.91. The molecular weight excluding hydrogens is 318 g/mol. The molecule has 0 aliphatic carbocycles. The van der Waals surface area contributed by atoms with Gasteiger partial charge in [0.05, 0.1) is 0 Å². The van der Waals surface area contributed by atoms with E-state index in [1.807, 2.05) is 23.9 Å². The lowest BCUT2D eigenvalue weighted by atomic mass is 9.95. The standard InChI is InChI=1S/C12H18BrN3O.ClH/c1-8-6-14-4-3-10(8)15-12(17)11-5-9(13)7-16(11)2;/h5,7-8,10,14H,3-4,6H2,1-2H3,(H,15,17);1H. The number of aromatic nitrogens is 1. The van der Waals surface area contributed by atoms with Crippen LogP contribution in [0.3, 0.4) is 0 Å². The van der Waals surface area contributed by atoms with Gasteiger partial charge in [-0.05, 0) is 47.4 Å². The molecule has 0 bridgehead atoms. The molecule has 1 aromatic rings. The lowest BCUT2D eigenvalue weighted by Gasteiger charge is -2.30. The molecule has 1 saturated heterocycles. The van der Waals surface area contributed by atoms with Crippen LogP contribution < -0.4 is 10.6 Å². The quantitative estimate of drug-likeness (QED) is 0.867. The highest BCUT2D eigenvalue weighted by molar-refractivity contribution is 9.10. The number of piperidine rings is 1. The van der Waals surface area contributed by atoms with Gasteiger partial charge in [0.1, 0.15) is 5.69 Å². The fourth-order valence-corrected chi connectivity index (χ4v) is 2.74. The second-order valence-electron chi connectivity index (χ2n) is 4.70. The number of aryl methyl sites for hydroxylation is 1. The number of carbonyl (C=O) groups excluding carboxylic acids is 1. The van der Waals surface area contributed by atoms with E-state index in [0.29, 0.717) is 11.6 Å². The third kappa shape index (κ3) is 3.49. The van der Waals surface area contributed by atoms with Crippen LogP contribution in [0.5, 0.6) is 0 Å². The van der Waals surface area contributed by atoms with Crippen molar-refractivity contribution >= 4 is 34.2 Å². The maximum Gasteiger partial charge on any atom is 0.268 e. The van der Waals surface area contributed by atoms with Crippen LogP contribution in [0, 0.1) is 5.92 Å². The van der Waals surface area contributed by atoms with Crippen molar-refractivity contribution in [3.05, 3.63) is 22.4 Å². The highest BCUT2D eigenvalue weighted by Gasteiger charge is 2.23. The van der Waals surface area contributed by atoms with Crippen molar-refractivity contribution in [1.82, 2.24) is 15.2 Å². The summed E-state index contributed by atoms with van der Waals surface area (Å²) in [5.41, 5.74) is 0.697. The molecule has 18 heavy (non-hydrogen) atoms. The number of halogens is 2. The van der Waals surface area contributed by atoms with Crippen molar-refractivity contribution < 1.29 is 4.79 Å². The predicted molar refractivity (Wildman–Crippen MR) is 78.3 cm³/mol. The fraction of sp³-hybridized carbons (Fsp3) is 0.583. The lowest BCUT2D eigenvalue weighted by Crippen LogP contribution is -2.48. The molecule has 2 N–H and O–H groups in total. The molecule has 2 heterocycles. The van der Waals surface area contributed by atoms with Gasteiger partial charge in [-0.15, -0.1) is 12.4 Å². The van der Waals surface area contributed by atoms with Gasteiger partial charge in [0.15, 0.2) is 0 Å². The Bertz CT molecular complexity index is 421. The summed E-state index contributed by atoms with van der Waals surface area (Å²) in [4.78, 5) is 12.1. The Morgan fingerprint density at radius 2 is 2.33 bits per heavy atom. The Balaban J connectivity index is 0.00000162. The summed E-state index contributed by atoms with van der Waals surface area (Å²) in [5.74, 6) is 0.494. The Morgan fingerprint density at radius 3 is 2.89 bits per heavy atom. The predicted octanol–water partition coefficient (Wildman–Crippen LogP) is 1.94. The summed E-state index contributed by atoms with van der Waals surface area (Å²) < 4.78 is 2.77. The number of nitrogens with zero attached hydrogens (tertiary/aromatic N) is 1. The number of carbonyl (C=O) groups is 1. The molecule has 102 valence electrons. The maximum absolute atomic E-state index is 12.1. The van der Waals surface area contributed by atoms with E-state index in [2.05, 4.69) is 33.5 Å². The van der Waals surface area contributed by atoms with Crippen molar-refractivity contribution in [1.29, 1.82) is 0 Å². The zero-order valence-corrected chi connectivity index (χ0v) is 13.0. The van der Waals surface area contributed by atoms with E-state index >= 15 is 0 Å². The Kier molecular flexibility index (Phi) is 5.69. The van der Waals surface area contributed by atoms with Crippen molar-refractivity contribution in [2.45, 2.75) is 19.4 Å². The van der Waals surface area contributed by atoms with E-state index in [1.54, 1.807) is 0 Å². The van der Waals surface area contributed by atoms with Gasteiger partial charge in [-0.2, -0.15) is 0 Å². The summed E-state index contributed by atoms with van der Waals surface area (Å²) >= 11 is 3.38. The average Bonchev–Trinajstić information content (AvgIpc) is 2.61. The monoisotopic (exact) mass is 335 g/mol. The van der Waals surface area contributed by atoms with E-state index in [9.17, 15) is 4.79 Å². The first-order valence-corrected chi connectivity index (χ1v) is 6.70. The second-order valence-corrected chi connectivity index (χ2v) is 5.62. The minimum atomic E-state index is 0. The van der Waals surface area contributed by atoms with Crippen molar-refractivity contribution in [3.8, 4) is 0 Å². The lowest BCUT2D eigenvalue weighted by molar-refractivity contribution is 0.0906. The normalized spacial score (nSPS) is 23.3. The van der Waals surface area contributed by atoms with Crippen LogP contribution in [0.2, 0.25) is 0 Å². The van der Waals surface area contributed by atoms with Crippen LogP contribution in [0.1, 0.15) is 23.8 Å². The Labute approximate surface area is 122 Å². The van der Waals surface area contributed by atoms with Crippen molar-refractivity contribution in [2.24, 2.45) is 13.0 Å². The highest BCUT2D eigenvalue weighted by Crippen LogP contribution is 2.15. The SMILES string of the molecule is CC1CNCCC1NC(=O)c1cc(Br)cn1C.Cl. The first kappa shape index (κ1) is 15.5. The third-order valence-corrected chi connectivity index (χ3v) is 3.74. The molecule has 0 aromatic carbocycles. The van der Waals surface area contributed by atoms with Crippen LogP contribution in [0.15, 0.2) is 16.7 Å². The summed E-state index contributed by atoms with van der Waals surface area (Å²) in [6, 6.07) is 2.12. The van der Waals surface area contributed by atoms with Gasteiger partial charge in [-0.1, -0.05) is 6.92 Å². The summed E-state index contributed by atoms with van der Waals surface area (Å²) in [6.45, 7) is 4.12. The molecule has 1 fully saturated rings. The molecule has 1 amide bonds. The second kappa shape index (κ2) is 6.59. The summed E-state index contributed by atoms with van der Waals surface area (Å²) in [6.07, 6.45) is 2.89. The molecule has 6 heteroatoms. The maximum atomic E-state index is 12.1. The van der Waals surface area contributed by atoms with Gasteiger partial charge in [0.2, 0.25) is 0 Å².